The molecule has 0 aliphatic carbocycles. The van der Waals surface area contributed by atoms with Gasteiger partial charge in [0, 0.05) is 23.7 Å². The van der Waals surface area contributed by atoms with Gasteiger partial charge in [-0.3, -0.25) is 0 Å². The zero-order chi connectivity index (χ0) is 17.5. The van der Waals surface area contributed by atoms with Gasteiger partial charge in [-0.1, -0.05) is 71.8 Å². The van der Waals surface area contributed by atoms with Gasteiger partial charge in [-0.05, 0) is 36.2 Å². The summed E-state index contributed by atoms with van der Waals surface area (Å²) in [7, 11) is 0. The lowest BCUT2D eigenvalue weighted by Gasteiger charge is -2.10. The van der Waals surface area contributed by atoms with Gasteiger partial charge in [0.25, 0.3) is 0 Å². The molecule has 0 aliphatic heterocycles. The van der Waals surface area contributed by atoms with Crippen molar-refractivity contribution in [3.63, 3.8) is 0 Å². The van der Waals surface area contributed by atoms with Crippen molar-refractivity contribution in [3.05, 3.63) is 100 Å². The maximum atomic E-state index is 6.17. The van der Waals surface area contributed by atoms with Crippen molar-refractivity contribution in [2.75, 3.05) is 0 Å². The smallest absolute Gasteiger partial charge is 0.120 e. The number of nitrogens with one attached hydrogen (secondary N) is 1. The van der Waals surface area contributed by atoms with E-state index < -0.39 is 0 Å². The van der Waals surface area contributed by atoms with Crippen LogP contribution in [0.1, 0.15) is 22.3 Å². The van der Waals surface area contributed by atoms with Crippen LogP contribution in [-0.2, 0) is 19.7 Å². The zero-order valence-corrected chi connectivity index (χ0v) is 16.3. The number of benzene rings is 3. The Bertz CT molecular complexity index is 818. The van der Waals surface area contributed by atoms with Gasteiger partial charge in [-0.15, -0.1) is 12.4 Å². The monoisotopic (exact) mass is 387 g/mol. The van der Waals surface area contributed by atoms with Crippen molar-refractivity contribution in [2.45, 2.75) is 26.6 Å². The molecule has 0 saturated carbocycles. The molecule has 0 fully saturated rings. The van der Waals surface area contributed by atoms with E-state index in [1.165, 1.54) is 16.7 Å². The predicted molar refractivity (Wildman–Crippen MR) is 111 cm³/mol. The second-order valence-corrected chi connectivity index (χ2v) is 6.52. The molecule has 0 bridgehead atoms. The van der Waals surface area contributed by atoms with Crippen molar-refractivity contribution in [3.8, 4) is 5.75 Å². The first-order valence-electron chi connectivity index (χ1n) is 8.42. The summed E-state index contributed by atoms with van der Waals surface area (Å²) in [6, 6.07) is 24.5. The highest BCUT2D eigenvalue weighted by molar-refractivity contribution is 6.31. The van der Waals surface area contributed by atoms with E-state index in [-0.39, 0.29) is 12.4 Å². The van der Waals surface area contributed by atoms with Crippen molar-refractivity contribution in [1.82, 2.24) is 5.32 Å². The zero-order valence-electron chi connectivity index (χ0n) is 14.7. The Hall–Kier alpha value is -2.00. The Kier molecular flexibility index (Phi) is 7.99. The summed E-state index contributed by atoms with van der Waals surface area (Å²) < 4.78 is 5.88. The lowest BCUT2D eigenvalue weighted by Crippen LogP contribution is -2.12. The van der Waals surface area contributed by atoms with Crippen LogP contribution in [-0.4, -0.2) is 0 Å². The maximum Gasteiger partial charge on any atom is 0.120 e. The van der Waals surface area contributed by atoms with Crippen molar-refractivity contribution >= 4 is 24.0 Å². The molecule has 4 heteroatoms. The van der Waals surface area contributed by atoms with Crippen LogP contribution < -0.4 is 10.1 Å². The van der Waals surface area contributed by atoms with E-state index in [2.05, 4.69) is 48.6 Å². The van der Waals surface area contributed by atoms with Gasteiger partial charge < -0.3 is 10.1 Å². The summed E-state index contributed by atoms with van der Waals surface area (Å²) in [5.74, 6) is 0.856. The molecule has 0 radical (unpaired) electrons. The van der Waals surface area contributed by atoms with Crippen LogP contribution in [0.25, 0.3) is 0 Å². The summed E-state index contributed by atoms with van der Waals surface area (Å²) in [4.78, 5) is 0. The second-order valence-electron chi connectivity index (χ2n) is 6.12. The number of ether oxygens (including phenoxy) is 1. The van der Waals surface area contributed by atoms with Crippen LogP contribution in [0.2, 0.25) is 5.02 Å². The van der Waals surface area contributed by atoms with E-state index in [1.54, 1.807) is 0 Å². The lowest BCUT2D eigenvalue weighted by molar-refractivity contribution is 0.306. The third kappa shape index (κ3) is 6.06. The SMILES string of the molecule is Cc1ccc(CNCc2cccc(OCc3ccccc3Cl)c2)cc1.Cl. The molecule has 3 rings (SSSR count). The fourth-order valence-corrected chi connectivity index (χ4v) is 2.77. The third-order valence-corrected chi connectivity index (χ3v) is 4.40. The standard InChI is InChI=1S/C22H22ClNO.ClH/c1-17-9-11-18(12-10-17)14-24-15-19-5-4-7-21(13-19)25-16-20-6-2-3-8-22(20)23;/h2-13,24H,14-16H2,1H3;1H. The van der Waals surface area contributed by atoms with Gasteiger partial charge in [-0.25, -0.2) is 0 Å². The average Bonchev–Trinajstić information content (AvgIpc) is 2.63. The summed E-state index contributed by atoms with van der Waals surface area (Å²) in [6.45, 7) is 4.23. The Morgan fingerprint density at radius 1 is 0.846 bits per heavy atom. The average molecular weight is 388 g/mol. The van der Waals surface area contributed by atoms with Gasteiger partial charge in [0.1, 0.15) is 12.4 Å². The maximum absolute atomic E-state index is 6.17. The molecule has 0 aromatic heterocycles. The van der Waals surface area contributed by atoms with E-state index >= 15 is 0 Å². The highest BCUT2D eigenvalue weighted by Gasteiger charge is 2.02. The van der Waals surface area contributed by atoms with E-state index in [9.17, 15) is 0 Å². The first-order valence-corrected chi connectivity index (χ1v) is 8.80. The first-order chi connectivity index (χ1) is 12.2. The Morgan fingerprint density at radius 2 is 1.58 bits per heavy atom. The number of rotatable bonds is 7. The van der Waals surface area contributed by atoms with Gasteiger partial charge in [0.2, 0.25) is 0 Å². The van der Waals surface area contributed by atoms with Crippen molar-refractivity contribution in [2.24, 2.45) is 0 Å². The normalized spacial score (nSPS) is 10.2. The molecule has 0 amide bonds. The highest BCUT2D eigenvalue weighted by Crippen LogP contribution is 2.19. The molecule has 0 saturated heterocycles. The summed E-state index contributed by atoms with van der Waals surface area (Å²) in [5.41, 5.74) is 4.76. The number of hydrogen-bond donors (Lipinski definition) is 1. The number of aryl methyl sites for hydroxylation is 1. The van der Waals surface area contributed by atoms with Crippen LogP contribution >= 0.6 is 24.0 Å². The van der Waals surface area contributed by atoms with Crippen LogP contribution in [0.4, 0.5) is 0 Å². The molecular formula is C22H23Cl2NO. The summed E-state index contributed by atoms with van der Waals surface area (Å²) in [5, 5.41) is 4.21. The minimum atomic E-state index is 0. The van der Waals surface area contributed by atoms with Gasteiger partial charge in [0.05, 0.1) is 0 Å². The molecule has 1 N–H and O–H groups in total. The molecular weight excluding hydrogens is 365 g/mol. The van der Waals surface area contributed by atoms with Gasteiger partial charge >= 0.3 is 0 Å². The predicted octanol–water partition coefficient (Wildman–Crippen LogP) is 5.94. The van der Waals surface area contributed by atoms with Gasteiger partial charge in [-0.2, -0.15) is 0 Å². The highest BCUT2D eigenvalue weighted by atomic mass is 35.5. The molecule has 2 nitrogen and oxygen atoms in total. The molecule has 136 valence electrons. The minimum Gasteiger partial charge on any atom is -0.489 e. The van der Waals surface area contributed by atoms with Crippen LogP contribution in [0.5, 0.6) is 5.75 Å². The fourth-order valence-electron chi connectivity index (χ4n) is 2.58. The quantitative estimate of drug-likeness (QED) is 0.541. The molecule has 3 aromatic rings. The Balaban J connectivity index is 0.00000243. The molecule has 0 spiro atoms. The van der Waals surface area contributed by atoms with Crippen molar-refractivity contribution in [1.29, 1.82) is 0 Å². The molecule has 0 unspecified atom stereocenters. The first kappa shape index (κ1) is 20.3. The fraction of sp³-hybridized carbons (Fsp3) is 0.182. The third-order valence-electron chi connectivity index (χ3n) is 4.03. The van der Waals surface area contributed by atoms with Crippen LogP contribution in [0.15, 0.2) is 72.8 Å². The molecule has 3 aromatic carbocycles. The molecule has 0 atom stereocenters. The largest absolute Gasteiger partial charge is 0.489 e. The topological polar surface area (TPSA) is 21.3 Å². The van der Waals surface area contributed by atoms with E-state index in [1.807, 2.05) is 36.4 Å². The number of hydrogen-bond acceptors (Lipinski definition) is 2. The Labute approximate surface area is 166 Å². The minimum absolute atomic E-state index is 0. The van der Waals surface area contributed by atoms with E-state index in [4.69, 9.17) is 16.3 Å². The molecule has 0 heterocycles. The van der Waals surface area contributed by atoms with Gasteiger partial charge in [0.15, 0.2) is 0 Å². The number of halogens is 2. The summed E-state index contributed by atoms with van der Waals surface area (Å²) in [6.07, 6.45) is 0. The molecule has 26 heavy (non-hydrogen) atoms. The van der Waals surface area contributed by atoms with Crippen LogP contribution in [0.3, 0.4) is 0 Å². The Morgan fingerprint density at radius 3 is 2.35 bits per heavy atom. The lowest BCUT2D eigenvalue weighted by atomic mass is 10.1. The van der Waals surface area contributed by atoms with Crippen molar-refractivity contribution < 1.29 is 4.74 Å². The summed E-state index contributed by atoms with van der Waals surface area (Å²) >= 11 is 6.17. The van der Waals surface area contributed by atoms with E-state index in [0.717, 1.165) is 29.4 Å². The van der Waals surface area contributed by atoms with Crippen LogP contribution in [0, 0.1) is 6.92 Å². The second kappa shape index (κ2) is 10.2. The molecule has 0 aliphatic rings. The van der Waals surface area contributed by atoms with E-state index in [0.29, 0.717) is 6.61 Å².